The normalized spacial score (nSPS) is 13.9. The van der Waals surface area contributed by atoms with Gasteiger partial charge < -0.3 is 10.7 Å². The van der Waals surface area contributed by atoms with Gasteiger partial charge in [0, 0.05) is 65.0 Å². The summed E-state index contributed by atoms with van der Waals surface area (Å²) >= 11 is 0. The van der Waals surface area contributed by atoms with Crippen LogP contribution >= 0.6 is 0 Å². The van der Waals surface area contributed by atoms with Crippen LogP contribution in [0.2, 0.25) is 0 Å². The Morgan fingerprint density at radius 2 is 1.75 bits per heavy atom. The number of fused-ring (bicyclic) bond motifs is 1. The summed E-state index contributed by atoms with van der Waals surface area (Å²) in [7, 11) is 0. The number of nitrogens with zero attached hydrogens (tertiary/aromatic N) is 1. The van der Waals surface area contributed by atoms with Crippen LogP contribution in [0, 0.1) is 12.7 Å². The first-order chi connectivity index (χ1) is 21.0. The maximum atomic E-state index is 14.1. The summed E-state index contributed by atoms with van der Waals surface area (Å²) in [5, 5.41) is 0.964. The summed E-state index contributed by atoms with van der Waals surface area (Å²) < 4.78 is 40.2. The first-order valence-electron chi connectivity index (χ1n) is 15.4. The summed E-state index contributed by atoms with van der Waals surface area (Å²) in [6.07, 6.45) is 1.15. The van der Waals surface area contributed by atoms with Crippen LogP contribution in [0.5, 0.6) is 0 Å². The maximum absolute atomic E-state index is 14.1. The highest BCUT2D eigenvalue weighted by Crippen LogP contribution is 2.32. The molecule has 0 saturated heterocycles. The molecule has 1 heterocycles. The van der Waals surface area contributed by atoms with Gasteiger partial charge in [0.2, 0.25) is 6.43 Å². The molecule has 44 heavy (non-hydrogen) atoms. The van der Waals surface area contributed by atoms with Crippen molar-refractivity contribution in [3.8, 4) is 0 Å². The number of aryl methyl sites for hydroxylation is 2. The highest BCUT2D eigenvalue weighted by molar-refractivity contribution is 6.02. The van der Waals surface area contributed by atoms with Gasteiger partial charge >= 0.3 is 0 Å². The van der Waals surface area contributed by atoms with Crippen molar-refractivity contribution in [2.24, 2.45) is 10.7 Å². The lowest BCUT2D eigenvalue weighted by Crippen LogP contribution is -2.05. The van der Waals surface area contributed by atoms with Crippen LogP contribution < -0.4 is 5.73 Å². The molecule has 3 N–H and O–H groups in total. The minimum atomic E-state index is -2.33. The Kier molecular flexibility index (Phi) is 10.9. The van der Waals surface area contributed by atoms with Gasteiger partial charge in [0.05, 0.1) is 0 Å². The third kappa shape index (κ3) is 7.90. The topological polar surface area (TPSA) is 54.2 Å². The Labute approximate surface area is 259 Å². The number of H-pyrrole nitrogens is 1. The summed E-state index contributed by atoms with van der Waals surface area (Å²) in [5.41, 5.74) is 16.3. The van der Waals surface area contributed by atoms with Gasteiger partial charge in [-0.3, -0.25) is 4.99 Å². The number of nitrogens with one attached hydrogen (secondary N) is 1. The number of nitrogens with two attached hydrogens (primary N) is 1. The van der Waals surface area contributed by atoms with Crippen molar-refractivity contribution < 1.29 is 13.2 Å². The fourth-order valence-electron chi connectivity index (χ4n) is 5.79. The second kappa shape index (κ2) is 14.6. The van der Waals surface area contributed by atoms with E-state index in [0.717, 1.165) is 56.4 Å². The van der Waals surface area contributed by atoms with Crippen molar-refractivity contribution in [1.29, 1.82) is 0 Å². The molecule has 0 bridgehead atoms. The van der Waals surface area contributed by atoms with Gasteiger partial charge in [-0.25, -0.2) is 13.2 Å². The minimum absolute atomic E-state index is 0.148. The predicted molar refractivity (Wildman–Crippen MR) is 179 cm³/mol. The number of aromatic nitrogens is 1. The Morgan fingerprint density at radius 1 is 1.00 bits per heavy atom. The quantitative estimate of drug-likeness (QED) is 0.117. The van der Waals surface area contributed by atoms with Crippen molar-refractivity contribution >= 4 is 22.7 Å². The maximum Gasteiger partial charge on any atom is 0.239 e. The van der Waals surface area contributed by atoms with Crippen molar-refractivity contribution in [2.75, 3.05) is 6.54 Å². The van der Waals surface area contributed by atoms with E-state index in [9.17, 15) is 13.2 Å². The first kappa shape index (κ1) is 32.8. The summed E-state index contributed by atoms with van der Waals surface area (Å²) in [6, 6.07) is 19.3. The monoisotopic (exact) mass is 599 g/mol. The Morgan fingerprint density at radius 3 is 2.41 bits per heavy atom. The largest absolute Gasteiger partial charge is 0.402 e. The van der Waals surface area contributed by atoms with E-state index in [0.29, 0.717) is 30.6 Å². The highest BCUT2D eigenvalue weighted by atomic mass is 19.3. The summed E-state index contributed by atoms with van der Waals surface area (Å²) in [5.74, 6) is 0.250. The fourth-order valence-corrected chi connectivity index (χ4v) is 5.79. The van der Waals surface area contributed by atoms with E-state index in [1.807, 2.05) is 31.2 Å². The molecule has 0 fully saturated rings. The third-order valence-electron chi connectivity index (χ3n) is 8.55. The fraction of sp³-hybridized carbons (Fsp3) is 0.342. The molecule has 3 nitrogen and oxygen atoms in total. The molecule has 1 aromatic heterocycles. The zero-order chi connectivity index (χ0) is 32.0. The van der Waals surface area contributed by atoms with Crippen LogP contribution in [0.1, 0.15) is 91.4 Å². The van der Waals surface area contributed by atoms with Gasteiger partial charge in [-0.2, -0.15) is 0 Å². The van der Waals surface area contributed by atoms with Gasteiger partial charge in [0.1, 0.15) is 5.82 Å². The number of hydrogen-bond acceptors (Lipinski definition) is 2. The van der Waals surface area contributed by atoms with Gasteiger partial charge in [-0.05, 0) is 90.3 Å². The average Bonchev–Trinajstić information content (AvgIpc) is 3.41. The molecular weight excluding hydrogens is 555 g/mol. The second-order valence-corrected chi connectivity index (χ2v) is 12.0. The predicted octanol–water partition coefficient (Wildman–Crippen LogP) is 10.0. The van der Waals surface area contributed by atoms with Crippen molar-refractivity contribution in [3.05, 3.63) is 123 Å². The number of alkyl halides is 2. The van der Waals surface area contributed by atoms with Crippen molar-refractivity contribution in [2.45, 2.75) is 78.6 Å². The molecule has 232 valence electrons. The third-order valence-corrected chi connectivity index (χ3v) is 8.55. The zero-order valence-electron chi connectivity index (χ0n) is 26.5. The molecule has 0 saturated carbocycles. The number of rotatable bonds is 13. The average molecular weight is 600 g/mol. The molecule has 0 aliphatic heterocycles. The van der Waals surface area contributed by atoms with E-state index in [2.05, 4.69) is 63.5 Å². The number of hydrogen-bond donors (Lipinski definition) is 2. The second-order valence-electron chi connectivity index (χ2n) is 12.0. The first-order valence-corrected chi connectivity index (χ1v) is 15.4. The van der Waals surface area contributed by atoms with Gasteiger partial charge in [0.25, 0.3) is 0 Å². The van der Waals surface area contributed by atoms with Crippen LogP contribution in [0.15, 0.2) is 83.5 Å². The van der Waals surface area contributed by atoms with Crippen LogP contribution in [0.4, 0.5) is 13.2 Å². The Bertz CT molecular complexity index is 1670. The minimum Gasteiger partial charge on any atom is -0.402 e. The smallest absolute Gasteiger partial charge is 0.239 e. The van der Waals surface area contributed by atoms with E-state index in [1.165, 1.54) is 11.6 Å². The van der Waals surface area contributed by atoms with Gasteiger partial charge in [-0.15, -0.1) is 0 Å². The van der Waals surface area contributed by atoms with Crippen molar-refractivity contribution in [3.63, 3.8) is 0 Å². The molecule has 4 aromatic rings. The van der Waals surface area contributed by atoms with Crippen LogP contribution in [0.3, 0.4) is 0 Å². The lowest BCUT2D eigenvalue weighted by Gasteiger charge is -2.15. The lowest BCUT2D eigenvalue weighted by atomic mass is 9.90. The molecule has 2 atom stereocenters. The number of allylic oxidation sites excluding steroid dienone is 3. The van der Waals surface area contributed by atoms with E-state index in [4.69, 9.17) is 10.7 Å². The molecule has 0 amide bonds. The molecule has 3 aromatic carbocycles. The number of halogens is 3. The molecular formula is C38H44F3N3. The summed E-state index contributed by atoms with van der Waals surface area (Å²) in [6.45, 7) is 15.2. The van der Waals surface area contributed by atoms with E-state index >= 15 is 0 Å². The molecule has 0 aliphatic carbocycles. The number of aromatic amines is 1. The molecule has 0 spiro atoms. The van der Waals surface area contributed by atoms with Crippen molar-refractivity contribution in [1.82, 2.24) is 4.98 Å². The van der Waals surface area contributed by atoms with Crippen LogP contribution in [-0.4, -0.2) is 24.2 Å². The lowest BCUT2D eigenvalue weighted by molar-refractivity contribution is 0.138. The molecule has 4 rings (SSSR count). The van der Waals surface area contributed by atoms with Crippen LogP contribution in [-0.2, 0) is 12.8 Å². The SMILES string of the molecule is C=C(/C(C=NCC(C)c1ccc(Cc2ccccc2F)cc1C)=C(/C)N)c1cc2cc(CCC(F)F)c(C(C)CC)cc2[nH]1. The standard InChI is InChI=1S/C38H44F3N3/c1-7-23(2)33-20-37-31(18-29(33)13-15-38(40)41)19-36(44-37)26(5)34(27(6)42)22-43-21-25(4)32-14-12-28(16-24(32)3)17-30-10-8-9-11-35(30)39/h8-12,14,16,18-20,22-23,25,38,44H,5,7,13,15,17,21,42H2,1-4,6H3/b34-27-,43-22?. The van der Waals surface area contributed by atoms with E-state index < -0.39 is 6.43 Å². The van der Waals surface area contributed by atoms with Gasteiger partial charge in [-0.1, -0.05) is 63.7 Å². The molecule has 6 heteroatoms. The van der Waals surface area contributed by atoms with E-state index in [-0.39, 0.29) is 24.1 Å². The molecule has 0 radical (unpaired) electrons. The Balaban J connectivity index is 1.50. The summed E-state index contributed by atoms with van der Waals surface area (Å²) in [4.78, 5) is 8.24. The Hall–Kier alpha value is -4.06. The van der Waals surface area contributed by atoms with Gasteiger partial charge in [0.15, 0.2) is 0 Å². The zero-order valence-corrected chi connectivity index (χ0v) is 26.5. The highest BCUT2D eigenvalue weighted by Gasteiger charge is 2.16. The molecule has 0 aliphatic rings. The van der Waals surface area contributed by atoms with Crippen LogP contribution in [0.25, 0.3) is 16.5 Å². The number of benzene rings is 3. The number of aliphatic imine (C=N–C) groups is 1. The van der Waals surface area contributed by atoms with E-state index in [1.54, 1.807) is 12.3 Å². The molecule has 2 unspecified atom stereocenters.